The van der Waals surface area contributed by atoms with Gasteiger partial charge in [0.25, 0.3) is 5.91 Å². The van der Waals surface area contributed by atoms with E-state index in [1.807, 2.05) is 20.8 Å². The van der Waals surface area contributed by atoms with Gasteiger partial charge in [0.15, 0.2) is 5.69 Å². The van der Waals surface area contributed by atoms with E-state index in [9.17, 15) is 14.0 Å². The number of fused-ring (bicyclic) bond motifs is 1. The number of hydrogen-bond donors (Lipinski definition) is 2. The fourth-order valence-corrected chi connectivity index (χ4v) is 3.34. The molecule has 3 rings (SSSR count). The molecule has 1 saturated carbocycles. The quantitative estimate of drug-likeness (QED) is 0.649. The molecule has 30 heavy (non-hydrogen) atoms. The SMILES string of the molecule is CC(C)(C)[C@H](NC(=O)c1nn(CCCCC#N)c2ccc(F)cc12)C(=O)NC1CC1. The lowest BCUT2D eigenvalue weighted by Crippen LogP contribution is -2.54. The number of hydrogen-bond acceptors (Lipinski definition) is 4. The van der Waals surface area contributed by atoms with Crippen LogP contribution in [-0.2, 0) is 11.3 Å². The minimum atomic E-state index is -0.741. The summed E-state index contributed by atoms with van der Waals surface area (Å²) in [5.41, 5.74) is 0.238. The summed E-state index contributed by atoms with van der Waals surface area (Å²) in [6, 6.07) is 5.77. The van der Waals surface area contributed by atoms with Crippen LogP contribution < -0.4 is 10.6 Å². The molecule has 0 radical (unpaired) electrons. The number of carbonyl (C=O) groups is 2. The first-order chi connectivity index (χ1) is 14.2. The van der Waals surface area contributed by atoms with Crippen LogP contribution in [0, 0.1) is 22.6 Å². The Hall–Kier alpha value is -2.95. The monoisotopic (exact) mass is 413 g/mol. The molecular weight excluding hydrogens is 385 g/mol. The van der Waals surface area contributed by atoms with E-state index in [4.69, 9.17) is 5.26 Å². The number of aromatic nitrogens is 2. The molecule has 0 unspecified atom stereocenters. The Bertz CT molecular complexity index is 982. The number of nitriles is 1. The van der Waals surface area contributed by atoms with E-state index in [0.29, 0.717) is 30.3 Å². The van der Waals surface area contributed by atoms with Gasteiger partial charge in [-0.25, -0.2) is 4.39 Å². The topological polar surface area (TPSA) is 99.8 Å². The number of nitrogens with one attached hydrogen (secondary N) is 2. The van der Waals surface area contributed by atoms with E-state index in [-0.39, 0.29) is 17.6 Å². The van der Waals surface area contributed by atoms with Crippen molar-refractivity contribution in [1.29, 1.82) is 5.26 Å². The number of benzene rings is 1. The summed E-state index contributed by atoms with van der Waals surface area (Å²) in [6.07, 6.45) is 3.79. The lowest BCUT2D eigenvalue weighted by molar-refractivity contribution is -0.125. The first-order valence-corrected chi connectivity index (χ1v) is 10.3. The summed E-state index contributed by atoms with van der Waals surface area (Å²) < 4.78 is 15.6. The number of carbonyl (C=O) groups excluding carboxylic acids is 2. The molecule has 7 nitrogen and oxygen atoms in total. The van der Waals surface area contributed by atoms with E-state index < -0.39 is 23.2 Å². The number of amides is 2. The maximum absolute atomic E-state index is 13.9. The zero-order valence-electron chi connectivity index (χ0n) is 17.7. The molecule has 1 aromatic heterocycles. The molecule has 1 heterocycles. The Kier molecular flexibility index (Phi) is 6.40. The van der Waals surface area contributed by atoms with Crippen LogP contribution in [0.25, 0.3) is 10.9 Å². The van der Waals surface area contributed by atoms with Crippen molar-refractivity contribution >= 4 is 22.7 Å². The van der Waals surface area contributed by atoms with Gasteiger partial charge in [-0.1, -0.05) is 20.8 Å². The fraction of sp³-hybridized carbons (Fsp3) is 0.545. The summed E-state index contributed by atoms with van der Waals surface area (Å²) in [4.78, 5) is 25.8. The number of aryl methyl sites for hydroxylation is 1. The first kappa shape index (κ1) is 21.8. The van der Waals surface area contributed by atoms with Crippen LogP contribution in [0.3, 0.4) is 0 Å². The highest BCUT2D eigenvalue weighted by Gasteiger charge is 2.36. The normalized spacial score (nSPS) is 14.9. The van der Waals surface area contributed by atoms with E-state index in [0.717, 1.165) is 19.3 Å². The Morgan fingerprint density at radius 2 is 2.07 bits per heavy atom. The molecule has 1 fully saturated rings. The van der Waals surface area contributed by atoms with Gasteiger partial charge in [-0.15, -0.1) is 0 Å². The Morgan fingerprint density at radius 3 is 2.70 bits per heavy atom. The van der Waals surface area contributed by atoms with E-state index in [1.54, 1.807) is 10.7 Å². The van der Waals surface area contributed by atoms with Crippen molar-refractivity contribution in [3.05, 3.63) is 29.7 Å². The molecule has 0 aliphatic heterocycles. The second-order valence-corrected chi connectivity index (χ2v) is 8.90. The third-order valence-corrected chi connectivity index (χ3v) is 5.16. The van der Waals surface area contributed by atoms with Crippen molar-refractivity contribution in [3.8, 4) is 6.07 Å². The molecule has 2 N–H and O–H groups in total. The minimum absolute atomic E-state index is 0.0956. The fourth-order valence-electron chi connectivity index (χ4n) is 3.34. The molecule has 0 bridgehead atoms. The van der Waals surface area contributed by atoms with Gasteiger partial charge in [-0.3, -0.25) is 14.3 Å². The number of unbranched alkanes of at least 4 members (excludes halogenated alkanes) is 2. The lowest BCUT2D eigenvalue weighted by atomic mass is 9.86. The second-order valence-electron chi connectivity index (χ2n) is 8.90. The van der Waals surface area contributed by atoms with Crippen molar-refractivity contribution in [2.75, 3.05) is 0 Å². The summed E-state index contributed by atoms with van der Waals surface area (Å²) in [6.45, 7) is 6.17. The summed E-state index contributed by atoms with van der Waals surface area (Å²) in [5, 5.41) is 19.3. The van der Waals surface area contributed by atoms with Crippen LogP contribution in [0.1, 0.15) is 63.4 Å². The summed E-state index contributed by atoms with van der Waals surface area (Å²) in [5.74, 6) is -1.18. The molecule has 1 atom stereocenters. The van der Waals surface area contributed by atoms with E-state index in [1.165, 1.54) is 12.1 Å². The highest BCUT2D eigenvalue weighted by Crippen LogP contribution is 2.25. The third-order valence-electron chi connectivity index (χ3n) is 5.16. The van der Waals surface area contributed by atoms with Gasteiger partial charge in [-0.2, -0.15) is 10.4 Å². The Balaban J connectivity index is 1.86. The standard InChI is InChI=1S/C22H28FN5O2/c1-22(2,3)19(21(30)25-15-8-9-15)26-20(29)18-16-13-14(23)7-10-17(16)28(27-18)12-6-4-5-11-24/h7,10,13,15,19H,4-6,8-9,12H2,1-3H3,(H,25,30)(H,26,29)/t19-/m1/s1. The van der Waals surface area contributed by atoms with Gasteiger partial charge in [-0.05, 0) is 49.3 Å². The van der Waals surface area contributed by atoms with E-state index >= 15 is 0 Å². The average molecular weight is 413 g/mol. The van der Waals surface area contributed by atoms with Gasteiger partial charge in [0.05, 0.1) is 11.6 Å². The number of halogens is 1. The predicted molar refractivity (Wildman–Crippen MR) is 111 cm³/mol. The van der Waals surface area contributed by atoms with Gasteiger partial charge in [0.2, 0.25) is 5.91 Å². The number of rotatable bonds is 8. The van der Waals surface area contributed by atoms with Crippen molar-refractivity contribution < 1.29 is 14.0 Å². The maximum Gasteiger partial charge on any atom is 0.273 e. The zero-order valence-corrected chi connectivity index (χ0v) is 17.7. The molecule has 1 aromatic carbocycles. The third kappa shape index (κ3) is 5.15. The van der Waals surface area contributed by atoms with Gasteiger partial charge < -0.3 is 10.6 Å². The molecule has 0 saturated heterocycles. The average Bonchev–Trinajstić information content (AvgIpc) is 3.41. The van der Waals surface area contributed by atoms with Crippen LogP contribution >= 0.6 is 0 Å². The minimum Gasteiger partial charge on any atom is -0.352 e. The highest BCUT2D eigenvalue weighted by atomic mass is 19.1. The Labute approximate surface area is 175 Å². The Morgan fingerprint density at radius 1 is 1.33 bits per heavy atom. The van der Waals surface area contributed by atoms with Crippen LogP contribution in [0.15, 0.2) is 18.2 Å². The summed E-state index contributed by atoms with van der Waals surface area (Å²) in [7, 11) is 0. The molecular formula is C22H28FN5O2. The maximum atomic E-state index is 13.9. The van der Waals surface area contributed by atoms with Gasteiger partial charge >= 0.3 is 0 Å². The van der Waals surface area contributed by atoms with Crippen LogP contribution in [0.2, 0.25) is 0 Å². The first-order valence-electron chi connectivity index (χ1n) is 10.3. The van der Waals surface area contributed by atoms with Crippen molar-refractivity contribution in [1.82, 2.24) is 20.4 Å². The lowest BCUT2D eigenvalue weighted by Gasteiger charge is -2.30. The summed E-state index contributed by atoms with van der Waals surface area (Å²) >= 11 is 0. The van der Waals surface area contributed by atoms with Crippen molar-refractivity contribution in [2.45, 2.75) is 71.5 Å². The molecule has 160 valence electrons. The smallest absolute Gasteiger partial charge is 0.273 e. The molecule has 1 aliphatic carbocycles. The highest BCUT2D eigenvalue weighted by molar-refractivity contribution is 6.06. The van der Waals surface area contributed by atoms with Crippen molar-refractivity contribution in [2.24, 2.45) is 5.41 Å². The predicted octanol–water partition coefficient (Wildman–Crippen LogP) is 3.29. The second kappa shape index (κ2) is 8.82. The largest absolute Gasteiger partial charge is 0.352 e. The van der Waals surface area contributed by atoms with Crippen LogP contribution in [-0.4, -0.2) is 33.7 Å². The van der Waals surface area contributed by atoms with E-state index in [2.05, 4.69) is 21.8 Å². The zero-order chi connectivity index (χ0) is 21.9. The van der Waals surface area contributed by atoms with Crippen LogP contribution in [0.5, 0.6) is 0 Å². The number of nitrogens with zero attached hydrogens (tertiary/aromatic N) is 3. The molecule has 2 aromatic rings. The molecule has 8 heteroatoms. The van der Waals surface area contributed by atoms with Gasteiger partial charge in [0, 0.05) is 24.4 Å². The molecule has 2 amide bonds. The van der Waals surface area contributed by atoms with Crippen LogP contribution in [0.4, 0.5) is 4.39 Å². The van der Waals surface area contributed by atoms with Gasteiger partial charge in [0.1, 0.15) is 11.9 Å². The molecule has 1 aliphatic rings. The van der Waals surface area contributed by atoms with Crippen molar-refractivity contribution in [3.63, 3.8) is 0 Å². The molecule has 0 spiro atoms.